The molecular weight excluding hydrogens is 192 g/mol. The number of nitrogens with one attached hydrogen (secondary N) is 2. The Bertz CT molecular complexity index is 227. The molecule has 0 spiro atoms. The summed E-state index contributed by atoms with van der Waals surface area (Å²) in [5.74, 6) is -0.0712. The highest BCUT2D eigenvalue weighted by Crippen LogP contribution is 1.93. The largest absolute Gasteiger partial charge is 0.345 e. The Labute approximate surface area is 91.8 Å². The first-order valence-electron chi connectivity index (χ1n) is 5.47. The van der Waals surface area contributed by atoms with Gasteiger partial charge in [-0.3, -0.25) is 9.59 Å². The predicted octanol–water partition coefficient (Wildman–Crippen LogP) is 0.857. The average Bonchev–Trinajstić information content (AvgIpc) is 2.15. The van der Waals surface area contributed by atoms with E-state index in [9.17, 15) is 9.59 Å². The van der Waals surface area contributed by atoms with Gasteiger partial charge in [0.1, 0.15) is 0 Å². The minimum Gasteiger partial charge on any atom is -0.345 e. The maximum absolute atomic E-state index is 11.6. The first kappa shape index (κ1) is 14.1. The summed E-state index contributed by atoms with van der Waals surface area (Å²) in [6.45, 7) is 9.25. The number of Topliss-reactive ketones (excluding diaryl/α,β-unsaturated/α-hetero) is 1. The van der Waals surface area contributed by atoms with E-state index < -0.39 is 0 Å². The SMILES string of the molecule is CCC(=O)[C@H](C)NC(=O)[C@H](C)NC(C)C. The molecule has 0 bridgehead atoms. The minimum absolute atomic E-state index is 0.0556. The lowest BCUT2D eigenvalue weighted by atomic mass is 10.1. The van der Waals surface area contributed by atoms with Gasteiger partial charge in [0.2, 0.25) is 5.91 Å². The van der Waals surface area contributed by atoms with Gasteiger partial charge in [-0.25, -0.2) is 0 Å². The molecule has 0 aromatic carbocycles. The molecule has 4 nitrogen and oxygen atoms in total. The lowest BCUT2D eigenvalue weighted by Crippen LogP contribution is -2.49. The second-order valence-corrected chi connectivity index (χ2v) is 4.09. The topological polar surface area (TPSA) is 58.2 Å². The van der Waals surface area contributed by atoms with Crippen LogP contribution >= 0.6 is 0 Å². The Morgan fingerprint density at radius 2 is 1.60 bits per heavy atom. The van der Waals surface area contributed by atoms with Crippen molar-refractivity contribution in [3.05, 3.63) is 0 Å². The monoisotopic (exact) mass is 214 g/mol. The normalized spacial score (nSPS) is 14.8. The van der Waals surface area contributed by atoms with E-state index in [2.05, 4.69) is 10.6 Å². The van der Waals surface area contributed by atoms with E-state index in [-0.39, 0.29) is 29.8 Å². The van der Waals surface area contributed by atoms with Crippen molar-refractivity contribution in [1.29, 1.82) is 0 Å². The van der Waals surface area contributed by atoms with Crippen molar-refractivity contribution in [1.82, 2.24) is 10.6 Å². The van der Waals surface area contributed by atoms with Crippen LogP contribution in [-0.4, -0.2) is 29.8 Å². The highest BCUT2D eigenvalue weighted by molar-refractivity contribution is 5.90. The van der Waals surface area contributed by atoms with Crippen molar-refractivity contribution in [2.75, 3.05) is 0 Å². The van der Waals surface area contributed by atoms with Crippen LogP contribution in [-0.2, 0) is 9.59 Å². The van der Waals surface area contributed by atoms with Crippen LogP contribution in [0.3, 0.4) is 0 Å². The van der Waals surface area contributed by atoms with Gasteiger partial charge in [0.05, 0.1) is 12.1 Å². The Kier molecular flexibility index (Phi) is 6.17. The van der Waals surface area contributed by atoms with E-state index in [0.717, 1.165) is 0 Å². The van der Waals surface area contributed by atoms with Crippen molar-refractivity contribution in [3.8, 4) is 0 Å². The van der Waals surface area contributed by atoms with E-state index in [1.165, 1.54) is 0 Å². The van der Waals surface area contributed by atoms with Gasteiger partial charge in [0, 0.05) is 12.5 Å². The fourth-order valence-corrected chi connectivity index (χ4v) is 1.30. The third-order valence-electron chi connectivity index (χ3n) is 2.17. The summed E-state index contributed by atoms with van der Waals surface area (Å²) < 4.78 is 0. The van der Waals surface area contributed by atoms with Gasteiger partial charge in [0.15, 0.2) is 5.78 Å². The van der Waals surface area contributed by atoms with Crippen molar-refractivity contribution >= 4 is 11.7 Å². The van der Waals surface area contributed by atoms with E-state index >= 15 is 0 Å². The molecule has 0 radical (unpaired) electrons. The summed E-state index contributed by atoms with van der Waals surface area (Å²) in [7, 11) is 0. The van der Waals surface area contributed by atoms with Gasteiger partial charge >= 0.3 is 0 Å². The molecule has 0 heterocycles. The van der Waals surface area contributed by atoms with Gasteiger partial charge in [0.25, 0.3) is 0 Å². The first-order chi connectivity index (χ1) is 6.88. The molecule has 0 unspecified atom stereocenters. The summed E-state index contributed by atoms with van der Waals surface area (Å²) in [6.07, 6.45) is 0.452. The zero-order chi connectivity index (χ0) is 12.0. The number of carbonyl (C=O) groups excluding carboxylic acids is 2. The van der Waals surface area contributed by atoms with Gasteiger partial charge in [-0.15, -0.1) is 0 Å². The highest BCUT2D eigenvalue weighted by Gasteiger charge is 2.18. The summed E-state index contributed by atoms with van der Waals surface area (Å²) in [5, 5.41) is 5.77. The van der Waals surface area contributed by atoms with Crippen molar-refractivity contribution in [2.24, 2.45) is 0 Å². The molecule has 0 aliphatic carbocycles. The second kappa shape index (κ2) is 6.56. The van der Waals surface area contributed by atoms with Crippen LogP contribution in [0.1, 0.15) is 41.0 Å². The quantitative estimate of drug-likeness (QED) is 0.689. The molecule has 2 N–H and O–H groups in total. The van der Waals surface area contributed by atoms with Crippen molar-refractivity contribution in [3.63, 3.8) is 0 Å². The molecule has 1 amide bonds. The van der Waals surface area contributed by atoms with Crippen LogP contribution in [0, 0.1) is 0 Å². The summed E-state index contributed by atoms with van der Waals surface area (Å²) in [5.41, 5.74) is 0. The number of hydrogen-bond donors (Lipinski definition) is 2. The van der Waals surface area contributed by atoms with E-state index in [0.29, 0.717) is 6.42 Å². The molecular formula is C11H22N2O2. The van der Waals surface area contributed by atoms with Crippen molar-refractivity contribution < 1.29 is 9.59 Å². The van der Waals surface area contributed by atoms with E-state index in [4.69, 9.17) is 0 Å². The number of amides is 1. The van der Waals surface area contributed by atoms with Crippen LogP contribution < -0.4 is 10.6 Å². The summed E-state index contributed by atoms with van der Waals surface area (Å²) >= 11 is 0. The smallest absolute Gasteiger partial charge is 0.237 e. The lowest BCUT2D eigenvalue weighted by Gasteiger charge is -2.19. The molecule has 15 heavy (non-hydrogen) atoms. The molecule has 0 saturated carbocycles. The van der Waals surface area contributed by atoms with E-state index in [1.54, 1.807) is 20.8 Å². The minimum atomic E-state index is -0.390. The standard InChI is InChI=1S/C11H22N2O2/c1-6-10(14)8(4)13-11(15)9(5)12-7(2)3/h7-9,12H,6H2,1-5H3,(H,13,15)/t8-,9-/m0/s1. The fourth-order valence-electron chi connectivity index (χ4n) is 1.30. The van der Waals surface area contributed by atoms with Gasteiger partial charge in [-0.05, 0) is 13.8 Å². The van der Waals surface area contributed by atoms with Gasteiger partial charge in [-0.1, -0.05) is 20.8 Å². The fraction of sp³-hybridized carbons (Fsp3) is 0.818. The first-order valence-corrected chi connectivity index (χ1v) is 5.47. The molecule has 0 aromatic heterocycles. The summed E-state index contributed by atoms with van der Waals surface area (Å²) in [6, 6.07) is -0.404. The second-order valence-electron chi connectivity index (χ2n) is 4.09. The zero-order valence-corrected chi connectivity index (χ0v) is 10.3. The maximum Gasteiger partial charge on any atom is 0.237 e. The Hall–Kier alpha value is -0.900. The summed E-state index contributed by atoms with van der Waals surface area (Å²) in [4.78, 5) is 22.8. The molecule has 0 aliphatic rings. The zero-order valence-electron chi connectivity index (χ0n) is 10.3. The molecule has 0 aliphatic heterocycles. The Morgan fingerprint density at radius 1 is 1.07 bits per heavy atom. The van der Waals surface area contributed by atoms with Crippen LogP contribution in [0.2, 0.25) is 0 Å². The average molecular weight is 214 g/mol. The van der Waals surface area contributed by atoms with E-state index in [1.807, 2.05) is 13.8 Å². The van der Waals surface area contributed by atoms with Gasteiger partial charge < -0.3 is 10.6 Å². The third-order valence-corrected chi connectivity index (χ3v) is 2.17. The molecule has 0 rings (SSSR count). The molecule has 2 atom stereocenters. The number of ketones is 1. The number of rotatable bonds is 6. The Balaban J connectivity index is 4.07. The van der Waals surface area contributed by atoms with Gasteiger partial charge in [-0.2, -0.15) is 0 Å². The van der Waals surface area contributed by atoms with Crippen LogP contribution in [0.4, 0.5) is 0 Å². The molecule has 0 aromatic rings. The maximum atomic E-state index is 11.6. The molecule has 0 fully saturated rings. The number of hydrogen-bond acceptors (Lipinski definition) is 3. The van der Waals surface area contributed by atoms with Crippen LogP contribution in [0.5, 0.6) is 0 Å². The lowest BCUT2D eigenvalue weighted by molar-refractivity contribution is -0.128. The molecule has 4 heteroatoms. The van der Waals surface area contributed by atoms with Crippen LogP contribution in [0.15, 0.2) is 0 Å². The molecule has 0 saturated heterocycles. The highest BCUT2D eigenvalue weighted by atomic mass is 16.2. The predicted molar refractivity (Wildman–Crippen MR) is 60.6 cm³/mol. The van der Waals surface area contributed by atoms with Crippen LogP contribution in [0.25, 0.3) is 0 Å². The van der Waals surface area contributed by atoms with Crippen molar-refractivity contribution in [2.45, 2.75) is 59.2 Å². The molecule has 88 valence electrons. The Morgan fingerprint density at radius 3 is 2.00 bits per heavy atom. The number of carbonyl (C=O) groups is 2. The third kappa shape index (κ3) is 5.52.